The number of hydrogen-bond donors (Lipinski definition) is 2. The zero-order chi connectivity index (χ0) is 11.4. The molecule has 0 aliphatic carbocycles. The second-order valence-corrected chi connectivity index (χ2v) is 4.07. The highest BCUT2D eigenvalue weighted by Crippen LogP contribution is 2.27. The van der Waals surface area contributed by atoms with Gasteiger partial charge in [-0.05, 0) is 31.5 Å². The Morgan fingerprint density at radius 3 is 2.73 bits per heavy atom. The van der Waals surface area contributed by atoms with Crippen molar-refractivity contribution in [3.63, 3.8) is 0 Å². The third-order valence-corrected chi connectivity index (χ3v) is 2.62. The SMILES string of the molecule is CC(O)CC(CN)c1cccc(Cl)c1F. The van der Waals surface area contributed by atoms with Crippen LogP contribution in [0, 0.1) is 5.82 Å². The first-order chi connectivity index (χ1) is 7.06. The van der Waals surface area contributed by atoms with E-state index < -0.39 is 11.9 Å². The van der Waals surface area contributed by atoms with Crippen molar-refractivity contribution in [2.24, 2.45) is 5.73 Å². The molecule has 0 aliphatic rings. The molecule has 0 heterocycles. The van der Waals surface area contributed by atoms with E-state index >= 15 is 0 Å². The van der Waals surface area contributed by atoms with E-state index in [-0.39, 0.29) is 10.9 Å². The van der Waals surface area contributed by atoms with Crippen LogP contribution in [0.2, 0.25) is 5.02 Å². The highest BCUT2D eigenvalue weighted by atomic mass is 35.5. The van der Waals surface area contributed by atoms with E-state index in [1.54, 1.807) is 19.1 Å². The fourth-order valence-electron chi connectivity index (χ4n) is 1.60. The van der Waals surface area contributed by atoms with Crippen LogP contribution in [-0.2, 0) is 0 Å². The Morgan fingerprint density at radius 2 is 2.20 bits per heavy atom. The quantitative estimate of drug-likeness (QED) is 0.835. The Kier molecular flexibility index (Phi) is 4.51. The maximum Gasteiger partial charge on any atom is 0.145 e. The van der Waals surface area contributed by atoms with Crippen LogP contribution >= 0.6 is 11.6 Å². The number of rotatable bonds is 4. The predicted octanol–water partition coefficient (Wildman–Crippen LogP) is 2.29. The number of halogens is 2. The summed E-state index contributed by atoms with van der Waals surface area (Å²) in [5.74, 6) is -0.626. The maximum absolute atomic E-state index is 13.6. The van der Waals surface area contributed by atoms with Crippen molar-refractivity contribution in [2.75, 3.05) is 6.54 Å². The van der Waals surface area contributed by atoms with Crippen molar-refractivity contribution in [3.8, 4) is 0 Å². The van der Waals surface area contributed by atoms with Crippen LogP contribution in [0.3, 0.4) is 0 Å². The Labute approximate surface area is 93.9 Å². The average Bonchev–Trinajstić information content (AvgIpc) is 2.19. The molecule has 2 atom stereocenters. The van der Waals surface area contributed by atoms with Gasteiger partial charge in [0, 0.05) is 5.92 Å². The molecule has 15 heavy (non-hydrogen) atoms. The lowest BCUT2D eigenvalue weighted by molar-refractivity contribution is 0.174. The number of aliphatic hydroxyl groups excluding tert-OH is 1. The van der Waals surface area contributed by atoms with Gasteiger partial charge in [-0.25, -0.2) is 4.39 Å². The molecule has 0 aromatic heterocycles. The van der Waals surface area contributed by atoms with E-state index in [1.807, 2.05) is 0 Å². The van der Waals surface area contributed by atoms with Gasteiger partial charge in [0.15, 0.2) is 0 Å². The van der Waals surface area contributed by atoms with Gasteiger partial charge in [0.2, 0.25) is 0 Å². The third kappa shape index (κ3) is 3.16. The molecule has 0 fully saturated rings. The van der Waals surface area contributed by atoms with Crippen molar-refractivity contribution in [1.82, 2.24) is 0 Å². The van der Waals surface area contributed by atoms with Gasteiger partial charge in [0.1, 0.15) is 5.82 Å². The van der Waals surface area contributed by atoms with Crippen molar-refractivity contribution in [3.05, 3.63) is 34.6 Å². The largest absolute Gasteiger partial charge is 0.393 e. The molecule has 1 aromatic carbocycles. The molecule has 3 N–H and O–H groups in total. The predicted molar refractivity (Wildman–Crippen MR) is 59.5 cm³/mol. The van der Waals surface area contributed by atoms with Crippen LogP contribution in [0.4, 0.5) is 4.39 Å². The first-order valence-corrected chi connectivity index (χ1v) is 5.26. The average molecular weight is 232 g/mol. The minimum absolute atomic E-state index is 0.0940. The summed E-state index contributed by atoms with van der Waals surface area (Å²) in [5, 5.41) is 9.36. The highest BCUT2D eigenvalue weighted by molar-refractivity contribution is 6.30. The van der Waals surface area contributed by atoms with E-state index in [2.05, 4.69) is 0 Å². The van der Waals surface area contributed by atoms with Crippen LogP contribution in [-0.4, -0.2) is 17.8 Å². The first kappa shape index (κ1) is 12.4. The lowest BCUT2D eigenvalue weighted by atomic mass is 9.93. The summed E-state index contributed by atoms with van der Waals surface area (Å²) >= 11 is 5.67. The molecule has 0 spiro atoms. The summed E-state index contributed by atoms with van der Waals surface area (Å²) in [6.07, 6.45) is -0.0646. The van der Waals surface area contributed by atoms with Crippen molar-refractivity contribution in [2.45, 2.75) is 25.4 Å². The molecule has 2 unspecified atom stereocenters. The summed E-state index contributed by atoms with van der Waals surface area (Å²) in [5.41, 5.74) is 6.03. The van der Waals surface area contributed by atoms with Crippen molar-refractivity contribution in [1.29, 1.82) is 0 Å². The number of aliphatic hydroxyl groups is 1. The van der Waals surface area contributed by atoms with Crippen LogP contribution in [0.1, 0.15) is 24.8 Å². The monoisotopic (exact) mass is 231 g/mol. The van der Waals surface area contributed by atoms with Gasteiger partial charge in [-0.2, -0.15) is 0 Å². The summed E-state index contributed by atoms with van der Waals surface area (Å²) in [6.45, 7) is 1.95. The van der Waals surface area contributed by atoms with Gasteiger partial charge >= 0.3 is 0 Å². The van der Waals surface area contributed by atoms with Crippen LogP contribution in [0.15, 0.2) is 18.2 Å². The maximum atomic E-state index is 13.6. The third-order valence-electron chi connectivity index (χ3n) is 2.33. The lowest BCUT2D eigenvalue weighted by Crippen LogP contribution is -2.18. The zero-order valence-electron chi connectivity index (χ0n) is 8.58. The molecule has 0 saturated carbocycles. The fourth-order valence-corrected chi connectivity index (χ4v) is 1.78. The van der Waals surface area contributed by atoms with Crippen molar-refractivity contribution < 1.29 is 9.50 Å². The van der Waals surface area contributed by atoms with Gasteiger partial charge in [0.05, 0.1) is 11.1 Å². The molecule has 84 valence electrons. The van der Waals surface area contributed by atoms with Crippen molar-refractivity contribution >= 4 is 11.6 Å². The van der Waals surface area contributed by atoms with E-state index in [9.17, 15) is 9.50 Å². The van der Waals surface area contributed by atoms with E-state index in [0.29, 0.717) is 18.5 Å². The Balaban J connectivity index is 2.96. The molecule has 1 rings (SSSR count). The Bertz CT molecular complexity index is 330. The smallest absolute Gasteiger partial charge is 0.145 e. The van der Waals surface area contributed by atoms with E-state index in [0.717, 1.165) is 0 Å². The minimum atomic E-state index is -0.503. The van der Waals surface area contributed by atoms with Crippen LogP contribution < -0.4 is 5.73 Å². The first-order valence-electron chi connectivity index (χ1n) is 4.88. The normalized spacial score (nSPS) is 15.0. The molecule has 2 nitrogen and oxygen atoms in total. The minimum Gasteiger partial charge on any atom is -0.393 e. The molecule has 4 heteroatoms. The van der Waals surface area contributed by atoms with Crippen LogP contribution in [0.25, 0.3) is 0 Å². The van der Waals surface area contributed by atoms with Gasteiger partial charge < -0.3 is 10.8 Å². The molecule has 0 bridgehead atoms. The molecule has 0 saturated heterocycles. The van der Waals surface area contributed by atoms with Gasteiger partial charge in [0.25, 0.3) is 0 Å². The molecular weight excluding hydrogens is 217 g/mol. The topological polar surface area (TPSA) is 46.2 Å². The molecule has 0 amide bonds. The number of hydrogen-bond acceptors (Lipinski definition) is 2. The summed E-state index contributed by atoms with van der Waals surface area (Å²) in [6, 6.07) is 4.84. The molecule has 0 radical (unpaired) electrons. The molecular formula is C11H15ClFNO. The van der Waals surface area contributed by atoms with Gasteiger partial charge in [-0.15, -0.1) is 0 Å². The Hall–Kier alpha value is -0.640. The number of nitrogens with two attached hydrogens (primary N) is 1. The standard InChI is InChI=1S/C11H15ClFNO/c1-7(15)5-8(6-14)9-3-2-4-10(12)11(9)13/h2-4,7-8,15H,5-6,14H2,1H3. The fraction of sp³-hybridized carbons (Fsp3) is 0.455. The Morgan fingerprint density at radius 1 is 1.53 bits per heavy atom. The van der Waals surface area contributed by atoms with E-state index in [1.165, 1.54) is 6.07 Å². The van der Waals surface area contributed by atoms with Gasteiger partial charge in [-0.3, -0.25) is 0 Å². The zero-order valence-corrected chi connectivity index (χ0v) is 9.34. The van der Waals surface area contributed by atoms with E-state index in [4.69, 9.17) is 17.3 Å². The summed E-state index contributed by atoms with van der Waals surface area (Å²) in [4.78, 5) is 0. The number of benzene rings is 1. The van der Waals surface area contributed by atoms with Crippen LogP contribution in [0.5, 0.6) is 0 Å². The second kappa shape index (κ2) is 5.45. The van der Waals surface area contributed by atoms with Gasteiger partial charge in [-0.1, -0.05) is 23.7 Å². The summed E-state index contributed by atoms with van der Waals surface area (Å²) < 4.78 is 13.6. The highest BCUT2D eigenvalue weighted by Gasteiger charge is 2.17. The summed E-state index contributed by atoms with van der Waals surface area (Å²) in [7, 11) is 0. The lowest BCUT2D eigenvalue weighted by Gasteiger charge is -2.17. The molecule has 0 aliphatic heterocycles. The molecule has 1 aromatic rings. The second-order valence-electron chi connectivity index (χ2n) is 3.66.